The zero-order valence-electron chi connectivity index (χ0n) is 11.6. The van der Waals surface area contributed by atoms with Gasteiger partial charge in [-0.1, -0.05) is 12.1 Å². The normalized spacial score (nSPS) is 10.5. The van der Waals surface area contributed by atoms with Crippen molar-refractivity contribution < 1.29 is 9.50 Å². The first-order chi connectivity index (χ1) is 10.7. The van der Waals surface area contributed by atoms with Gasteiger partial charge in [0, 0.05) is 29.8 Å². The number of aliphatic hydroxyl groups excluding tert-OH is 1. The van der Waals surface area contributed by atoms with Gasteiger partial charge < -0.3 is 10.4 Å². The predicted octanol–water partition coefficient (Wildman–Crippen LogP) is 2.91. The van der Waals surface area contributed by atoms with Gasteiger partial charge in [-0.25, -0.2) is 15.0 Å². The molecule has 22 heavy (non-hydrogen) atoms. The van der Waals surface area contributed by atoms with Crippen LogP contribution >= 0.6 is 0 Å². The minimum absolute atomic E-state index is 0.0179. The molecule has 1 aromatic carbocycles. The number of nitrogens with zero attached hydrogens (tertiary/aromatic N) is 3. The Morgan fingerprint density at radius 1 is 1.00 bits per heavy atom. The van der Waals surface area contributed by atoms with Gasteiger partial charge in [-0.05, 0) is 35.4 Å². The summed E-state index contributed by atoms with van der Waals surface area (Å²) in [6, 6.07) is 11.0. The molecular weight excluding hydrogens is 283 g/mol. The fraction of sp³-hybridized carbons (Fsp3) is 0.0625. The van der Waals surface area contributed by atoms with Gasteiger partial charge in [-0.15, -0.1) is 0 Å². The zero-order valence-corrected chi connectivity index (χ0v) is 11.6. The molecule has 6 heteroatoms. The van der Waals surface area contributed by atoms with E-state index in [1.54, 1.807) is 12.3 Å². The fourth-order valence-corrected chi connectivity index (χ4v) is 2.04. The van der Waals surface area contributed by atoms with Gasteiger partial charge in [0.1, 0.15) is 5.82 Å². The summed E-state index contributed by atoms with van der Waals surface area (Å²) in [7, 11) is 0. The second-order valence-electron chi connectivity index (χ2n) is 4.65. The summed E-state index contributed by atoms with van der Waals surface area (Å²) in [6.07, 6.45) is 3.75. The molecule has 0 aliphatic rings. The van der Waals surface area contributed by atoms with E-state index in [9.17, 15) is 4.39 Å². The lowest BCUT2D eigenvalue weighted by Gasteiger charge is -2.08. The van der Waals surface area contributed by atoms with E-state index >= 15 is 0 Å². The van der Waals surface area contributed by atoms with E-state index in [2.05, 4.69) is 20.3 Å². The van der Waals surface area contributed by atoms with Gasteiger partial charge in [-0.3, -0.25) is 0 Å². The number of hydrogen-bond donors (Lipinski definition) is 2. The largest absolute Gasteiger partial charge is 0.392 e. The number of rotatable bonds is 4. The lowest BCUT2D eigenvalue weighted by molar-refractivity contribution is 0.282. The van der Waals surface area contributed by atoms with Crippen molar-refractivity contribution in [2.45, 2.75) is 6.61 Å². The van der Waals surface area contributed by atoms with E-state index in [4.69, 9.17) is 5.11 Å². The van der Waals surface area contributed by atoms with Crippen molar-refractivity contribution in [2.24, 2.45) is 0 Å². The van der Waals surface area contributed by atoms with Crippen LogP contribution in [0.15, 0.2) is 55.0 Å². The molecule has 0 atom stereocenters. The van der Waals surface area contributed by atoms with E-state index in [0.717, 1.165) is 16.8 Å². The highest BCUT2D eigenvalue weighted by molar-refractivity contribution is 5.67. The molecule has 0 saturated heterocycles. The van der Waals surface area contributed by atoms with Crippen molar-refractivity contribution >= 4 is 11.5 Å². The van der Waals surface area contributed by atoms with Crippen LogP contribution in [0, 0.1) is 6.08 Å². The molecule has 3 aromatic rings. The average molecular weight is 296 g/mol. The van der Waals surface area contributed by atoms with Crippen molar-refractivity contribution in [3.63, 3.8) is 0 Å². The van der Waals surface area contributed by atoms with Crippen LogP contribution in [0.5, 0.6) is 0 Å². The van der Waals surface area contributed by atoms with E-state index in [-0.39, 0.29) is 6.61 Å². The number of pyridine rings is 1. The number of halogens is 1. The van der Waals surface area contributed by atoms with Crippen LogP contribution in [0.1, 0.15) is 5.56 Å². The standard InChI is InChI=1S/C16H13FN4O/c17-16-19-8-13(9-20-16)12-4-5-18-15(7-12)21-14-3-1-2-11(6-14)10-22/h1-9,22H,10H2,(H,18,21). The molecule has 2 N–H and O–H groups in total. The van der Waals surface area contributed by atoms with E-state index in [0.29, 0.717) is 11.4 Å². The van der Waals surface area contributed by atoms with Crippen LogP contribution in [0.25, 0.3) is 11.1 Å². The predicted molar refractivity (Wildman–Crippen MR) is 80.9 cm³/mol. The number of hydrogen-bond acceptors (Lipinski definition) is 5. The molecule has 2 aromatic heterocycles. The minimum atomic E-state index is -0.753. The molecule has 0 radical (unpaired) electrons. The smallest absolute Gasteiger partial charge is 0.308 e. The number of anilines is 2. The summed E-state index contributed by atoms with van der Waals surface area (Å²) >= 11 is 0. The molecule has 0 unspecified atom stereocenters. The van der Waals surface area contributed by atoms with Crippen molar-refractivity contribution in [3.05, 3.63) is 66.6 Å². The van der Waals surface area contributed by atoms with Crippen LogP contribution in [0.3, 0.4) is 0 Å². The molecule has 0 amide bonds. The second-order valence-corrected chi connectivity index (χ2v) is 4.65. The Bertz CT molecular complexity index is 777. The third-order valence-corrected chi connectivity index (χ3v) is 3.10. The first-order valence-corrected chi connectivity index (χ1v) is 6.65. The number of nitrogens with one attached hydrogen (secondary N) is 1. The van der Waals surface area contributed by atoms with Crippen molar-refractivity contribution in [2.75, 3.05) is 5.32 Å². The molecule has 0 spiro atoms. The minimum Gasteiger partial charge on any atom is -0.392 e. The Labute approximate surface area is 126 Å². The lowest BCUT2D eigenvalue weighted by Crippen LogP contribution is -1.95. The molecule has 0 aliphatic heterocycles. The van der Waals surface area contributed by atoms with Crippen LogP contribution < -0.4 is 5.32 Å². The Morgan fingerprint density at radius 2 is 1.82 bits per heavy atom. The molecule has 110 valence electrons. The van der Waals surface area contributed by atoms with Crippen LogP contribution in [-0.2, 0) is 6.61 Å². The van der Waals surface area contributed by atoms with Crippen LogP contribution in [-0.4, -0.2) is 20.1 Å². The maximum absolute atomic E-state index is 12.8. The maximum atomic E-state index is 12.8. The van der Waals surface area contributed by atoms with E-state index in [1.807, 2.05) is 30.3 Å². The van der Waals surface area contributed by atoms with Gasteiger partial charge >= 0.3 is 6.08 Å². The number of benzene rings is 1. The maximum Gasteiger partial charge on any atom is 0.308 e. The third kappa shape index (κ3) is 3.24. The molecule has 0 aliphatic carbocycles. The molecule has 0 saturated carbocycles. The van der Waals surface area contributed by atoms with E-state index in [1.165, 1.54) is 12.4 Å². The summed E-state index contributed by atoms with van der Waals surface area (Å²) in [5, 5.41) is 12.3. The topological polar surface area (TPSA) is 70.9 Å². The van der Waals surface area contributed by atoms with Gasteiger partial charge in [0.05, 0.1) is 6.61 Å². The second kappa shape index (κ2) is 6.28. The van der Waals surface area contributed by atoms with E-state index < -0.39 is 6.08 Å². The molecule has 0 fully saturated rings. The van der Waals surface area contributed by atoms with Gasteiger partial charge in [0.25, 0.3) is 0 Å². The highest BCUT2D eigenvalue weighted by Gasteiger charge is 2.03. The molecular formula is C16H13FN4O. The summed E-state index contributed by atoms with van der Waals surface area (Å²) < 4.78 is 12.8. The quantitative estimate of drug-likeness (QED) is 0.724. The zero-order chi connectivity index (χ0) is 15.4. The Morgan fingerprint density at radius 3 is 2.59 bits per heavy atom. The lowest BCUT2D eigenvalue weighted by atomic mass is 10.1. The molecule has 5 nitrogen and oxygen atoms in total. The Balaban J connectivity index is 1.86. The summed E-state index contributed by atoms with van der Waals surface area (Å²) in [5.74, 6) is 0.636. The summed E-state index contributed by atoms with van der Waals surface area (Å²) in [6.45, 7) is -0.0179. The van der Waals surface area contributed by atoms with Gasteiger partial charge in [-0.2, -0.15) is 4.39 Å². The first kappa shape index (κ1) is 14.1. The fourth-order valence-electron chi connectivity index (χ4n) is 2.04. The summed E-state index contributed by atoms with van der Waals surface area (Å²) in [5.41, 5.74) is 3.17. The molecule has 0 bridgehead atoms. The Hall–Kier alpha value is -2.86. The van der Waals surface area contributed by atoms with Crippen molar-refractivity contribution in [1.29, 1.82) is 0 Å². The summed E-state index contributed by atoms with van der Waals surface area (Å²) in [4.78, 5) is 11.3. The van der Waals surface area contributed by atoms with Crippen molar-refractivity contribution in [1.82, 2.24) is 15.0 Å². The number of aromatic nitrogens is 3. The molecule has 2 heterocycles. The first-order valence-electron chi connectivity index (χ1n) is 6.65. The van der Waals surface area contributed by atoms with Crippen LogP contribution in [0.4, 0.5) is 15.9 Å². The Kier molecular flexibility index (Phi) is 4.02. The molecule has 3 rings (SSSR count). The highest BCUT2D eigenvalue weighted by atomic mass is 19.1. The monoisotopic (exact) mass is 296 g/mol. The third-order valence-electron chi connectivity index (χ3n) is 3.10. The average Bonchev–Trinajstić information content (AvgIpc) is 2.56. The highest BCUT2D eigenvalue weighted by Crippen LogP contribution is 2.22. The van der Waals surface area contributed by atoms with Crippen LogP contribution in [0.2, 0.25) is 0 Å². The van der Waals surface area contributed by atoms with Crippen molar-refractivity contribution in [3.8, 4) is 11.1 Å². The van der Waals surface area contributed by atoms with Gasteiger partial charge in [0.15, 0.2) is 0 Å². The number of aliphatic hydroxyl groups is 1. The SMILES string of the molecule is OCc1cccc(Nc2cc(-c3cnc(F)nc3)ccn2)c1. The van der Waals surface area contributed by atoms with Gasteiger partial charge in [0.2, 0.25) is 0 Å².